The normalized spacial score (nSPS) is 12.6. The highest BCUT2D eigenvalue weighted by atomic mass is 127. The van der Waals surface area contributed by atoms with Gasteiger partial charge in [0.25, 0.3) is 0 Å². The van der Waals surface area contributed by atoms with Crippen LogP contribution in [-0.2, 0) is 6.54 Å². The summed E-state index contributed by atoms with van der Waals surface area (Å²) in [5, 5.41) is 6.79. The van der Waals surface area contributed by atoms with Crippen LogP contribution in [0.25, 0.3) is 0 Å². The second-order valence-electron chi connectivity index (χ2n) is 6.19. The van der Waals surface area contributed by atoms with Crippen LogP contribution < -0.4 is 10.6 Å². The fourth-order valence-electron chi connectivity index (χ4n) is 2.62. The van der Waals surface area contributed by atoms with Crippen LogP contribution in [0.1, 0.15) is 17.2 Å². The lowest BCUT2D eigenvalue weighted by Gasteiger charge is -2.26. The van der Waals surface area contributed by atoms with Crippen molar-refractivity contribution in [3.05, 3.63) is 59.9 Å². The van der Waals surface area contributed by atoms with Gasteiger partial charge in [0, 0.05) is 39.1 Å². The molecular formula is C19H30IN5. The third-order valence-electron chi connectivity index (χ3n) is 4.10. The van der Waals surface area contributed by atoms with Crippen molar-refractivity contribution in [3.63, 3.8) is 0 Å². The number of benzene rings is 1. The zero-order valence-electron chi connectivity index (χ0n) is 15.6. The summed E-state index contributed by atoms with van der Waals surface area (Å²) in [6.07, 6.45) is 4.13. The maximum Gasteiger partial charge on any atom is 0.191 e. The molecule has 0 radical (unpaired) electrons. The van der Waals surface area contributed by atoms with Gasteiger partial charge < -0.3 is 20.1 Å². The second-order valence-corrected chi connectivity index (χ2v) is 6.19. The van der Waals surface area contributed by atoms with Gasteiger partial charge in [-0.25, -0.2) is 0 Å². The maximum atomic E-state index is 4.31. The van der Waals surface area contributed by atoms with E-state index in [0.717, 1.165) is 25.6 Å². The van der Waals surface area contributed by atoms with Gasteiger partial charge in [0.15, 0.2) is 5.96 Å². The number of aromatic nitrogens is 1. The molecule has 1 aromatic heterocycles. The average molecular weight is 455 g/mol. The van der Waals surface area contributed by atoms with Crippen LogP contribution in [0.15, 0.2) is 53.8 Å². The molecule has 0 amide bonds. The molecule has 0 saturated heterocycles. The number of guanidine groups is 1. The third kappa shape index (κ3) is 7.07. The molecular weight excluding hydrogens is 425 g/mol. The number of likely N-dealkylation sites (N-methyl/N-ethyl adjacent to an activating group) is 1. The highest BCUT2D eigenvalue weighted by Crippen LogP contribution is 2.17. The van der Waals surface area contributed by atoms with Gasteiger partial charge in [-0.05, 0) is 38.7 Å². The summed E-state index contributed by atoms with van der Waals surface area (Å²) >= 11 is 0. The Kier molecular flexibility index (Phi) is 9.59. The van der Waals surface area contributed by atoms with E-state index in [-0.39, 0.29) is 24.0 Å². The Morgan fingerprint density at radius 2 is 1.76 bits per heavy atom. The lowest BCUT2D eigenvalue weighted by molar-refractivity contribution is 0.298. The van der Waals surface area contributed by atoms with Crippen molar-refractivity contribution in [1.82, 2.24) is 20.1 Å². The van der Waals surface area contributed by atoms with Crippen LogP contribution in [0.4, 0.5) is 0 Å². The van der Waals surface area contributed by atoms with Crippen molar-refractivity contribution in [2.45, 2.75) is 19.5 Å². The van der Waals surface area contributed by atoms with Crippen LogP contribution in [0.5, 0.6) is 0 Å². The Labute approximate surface area is 168 Å². The standard InChI is InChI=1S/C19H29N5.HI/c1-16-7-9-17(10-8-16)18(23(3)4)15-22-19(20-2)21-11-14-24-12-5-6-13-24;/h5-10,12-13,18H,11,14-15H2,1-4H3,(H2,20,21,22);1H. The molecule has 2 rings (SSSR count). The molecule has 0 bridgehead atoms. The number of hydrogen-bond acceptors (Lipinski definition) is 2. The first-order chi connectivity index (χ1) is 11.6. The minimum Gasteiger partial charge on any atom is -0.355 e. The van der Waals surface area contributed by atoms with Gasteiger partial charge >= 0.3 is 0 Å². The van der Waals surface area contributed by atoms with E-state index < -0.39 is 0 Å². The molecule has 2 N–H and O–H groups in total. The molecule has 1 aromatic carbocycles. The van der Waals surface area contributed by atoms with E-state index in [1.165, 1.54) is 11.1 Å². The first kappa shape index (κ1) is 21.5. The van der Waals surface area contributed by atoms with E-state index in [0.29, 0.717) is 6.04 Å². The molecule has 138 valence electrons. The quantitative estimate of drug-likeness (QED) is 0.384. The molecule has 0 saturated carbocycles. The Bertz CT molecular complexity index is 620. The van der Waals surface area contributed by atoms with Gasteiger partial charge in [-0.1, -0.05) is 29.8 Å². The predicted molar refractivity (Wildman–Crippen MR) is 117 cm³/mol. The van der Waals surface area contributed by atoms with Crippen molar-refractivity contribution >= 4 is 29.9 Å². The highest BCUT2D eigenvalue weighted by Gasteiger charge is 2.14. The Hall–Kier alpha value is -1.54. The smallest absolute Gasteiger partial charge is 0.191 e. The van der Waals surface area contributed by atoms with Gasteiger partial charge in [0.05, 0.1) is 6.04 Å². The van der Waals surface area contributed by atoms with Crippen molar-refractivity contribution in [1.29, 1.82) is 0 Å². The molecule has 6 heteroatoms. The zero-order valence-corrected chi connectivity index (χ0v) is 17.9. The Balaban J connectivity index is 0.00000312. The van der Waals surface area contributed by atoms with Crippen LogP contribution in [0.3, 0.4) is 0 Å². The topological polar surface area (TPSA) is 44.6 Å². The fraction of sp³-hybridized carbons (Fsp3) is 0.421. The Morgan fingerprint density at radius 1 is 1.12 bits per heavy atom. The van der Waals surface area contributed by atoms with Crippen molar-refractivity contribution in [3.8, 4) is 0 Å². The van der Waals surface area contributed by atoms with Crippen LogP contribution in [0, 0.1) is 6.92 Å². The first-order valence-corrected chi connectivity index (χ1v) is 8.38. The number of halogens is 1. The third-order valence-corrected chi connectivity index (χ3v) is 4.10. The molecule has 0 fully saturated rings. The van der Waals surface area contributed by atoms with Crippen LogP contribution >= 0.6 is 24.0 Å². The molecule has 1 heterocycles. The minimum absolute atomic E-state index is 0. The van der Waals surface area contributed by atoms with Gasteiger partial charge in [-0.3, -0.25) is 4.99 Å². The van der Waals surface area contributed by atoms with Crippen molar-refractivity contribution in [2.75, 3.05) is 34.2 Å². The molecule has 1 unspecified atom stereocenters. The van der Waals surface area contributed by atoms with Crippen molar-refractivity contribution in [2.24, 2.45) is 4.99 Å². The number of hydrogen-bond donors (Lipinski definition) is 2. The molecule has 1 atom stereocenters. The molecule has 0 aliphatic heterocycles. The predicted octanol–water partition coefficient (Wildman–Crippen LogP) is 2.88. The zero-order chi connectivity index (χ0) is 17.4. The monoisotopic (exact) mass is 455 g/mol. The first-order valence-electron chi connectivity index (χ1n) is 8.38. The SMILES string of the molecule is CN=C(NCCn1cccc1)NCC(c1ccc(C)cc1)N(C)C.I. The number of nitrogens with one attached hydrogen (secondary N) is 2. The van der Waals surface area contributed by atoms with E-state index in [2.05, 4.69) is 82.8 Å². The summed E-state index contributed by atoms with van der Waals surface area (Å²) in [7, 11) is 6.02. The van der Waals surface area contributed by atoms with Crippen LogP contribution in [-0.4, -0.2) is 49.7 Å². The molecule has 0 aliphatic rings. The van der Waals surface area contributed by atoms with Gasteiger partial charge in [-0.15, -0.1) is 24.0 Å². The highest BCUT2D eigenvalue weighted by molar-refractivity contribution is 14.0. The maximum absolute atomic E-state index is 4.31. The number of nitrogens with zero attached hydrogens (tertiary/aromatic N) is 3. The molecule has 0 spiro atoms. The molecule has 0 aliphatic carbocycles. The Morgan fingerprint density at radius 3 is 2.32 bits per heavy atom. The summed E-state index contributed by atoms with van der Waals surface area (Å²) in [5.41, 5.74) is 2.59. The lowest BCUT2D eigenvalue weighted by Crippen LogP contribution is -2.42. The summed E-state index contributed by atoms with van der Waals surface area (Å²) in [5.74, 6) is 0.834. The van der Waals surface area contributed by atoms with Crippen molar-refractivity contribution < 1.29 is 0 Å². The number of aliphatic imine (C=N–C) groups is 1. The van der Waals surface area contributed by atoms with Gasteiger partial charge in [-0.2, -0.15) is 0 Å². The molecule has 5 nitrogen and oxygen atoms in total. The van der Waals surface area contributed by atoms with E-state index >= 15 is 0 Å². The number of rotatable bonds is 7. The summed E-state index contributed by atoms with van der Waals surface area (Å²) < 4.78 is 2.15. The largest absolute Gasteiger partial charge is 0.355 e. The van der Waals surface area contributed by atoms with E-state index in [1.807, 2.05) is 19.2 Å². The van der Waals surface area contributed by atoms with E-state index in [9.17, 15) is 0 Å². The van der Waals surface area contributed by atoms with Crippen LogP contribution in [0.2, 0.25) is 0 Å². The van der Waals surface area contributed by atoms with E-state index in [1.54, 1.807) is 0 Å². The summed E-state index contributed by atoms with van der Waals surface area (Å²) in [4.78, 5) is 6.54. The summed E-state index contributed by atoms with van der Waals surface area (Å²) in [6, 6.07) is 13.1. The van der Waals surface area contributed by atoms with Gasteiger partial charge in [0.1, 0.15) is 0 Å². The molecule has 2 aromatic rings. The minimum atomic E-state index is 0. The second kappa shape index (κ2) is 11.1. The fourth-order valence-corrected chi connectivity index (χ4v) is 2.62. The summed E-state index contributed by atoms with van der Waals surface area (Å²) in [6.45, 7) is 4.68. The lowest BCUT2D eigenvalue weighted by atomic mass is 10.0. The molecule has 25 heavy (non-hydrogen) atoms. The average Bonchev–Trinajstić information content (AvgIpc) is 3.08. The van der Waals surface area contributed by atoms with Gasteiger partial charge in [0.2, 0.25) is 0 Å². The number of aryl methyl sites for hydroxylation is 1. The van der Waals surface area contributed by atoms with E-state index in [4.69, 9.17) is 0 Å².